The largest absolute Gasteiger partial charge is 0.318 e. The highest BCUT2D eigenvalue weighted by atomic mass is 19.1. The number of benzene rings is 2. The summed E-state index contributed by atoms with van der Waals surface area (Å²) in [5.74, 6) is -0.178. The summed E-state index contributed by atoms with van der Waals surface area (Å²) in [4.78, 5) is 0. The van der Waals surface area contributed by atoms with Gasteiger partial charge in [-0.25, -0.2) is 4.39 Å². The fourth-order valence-electron chi connectivity index (χ4n) is 3.02. The Morgan fingerprint density at radius 1 is 1.11 bits per heavy atom. The summed E-state index contributed by atoms with van der Waals surface area (Å²) in [5, 5.41) is 0. The molecule has 0 aromatic heterocycles. The summed E-state index contributed by atoms with van der Waals surface area (Å²) in [6.07, 6.45) is 1.69. The lowest BCUT2D eigenvalue weighted by molar-refractivity contribution is 0.531. The molecule has 2 N–H and O–H groups in total. The Morgan fingerprint density at radius 2 is 1.89 bits per heavy atom. The maximum Gasteiger partial charge on any atom is 0.123 e. The van der Waals surface area contributed by atoms with Crippen molar-refractivity contribution >= 4 is 0 Å². The van der Waals surface area contributed by atoms with E-state index in [4.69, 9.17) is 5.73 Å². The van der Waals surface area contributed by atoms with Gasteiger partial charge in [0.2, 0.25) is 0 Å². The summed E-state index contributed by atoms with van der Waals surface area (Å²) in [7, 11) is 0. The zero-order valence-corrected chi connectivity index (χ0v) is 10.4. The molecule has 1 unspecified atom stereocenters. The van der Waals surface area contributed by atoms with Crippen LogP contribution in [0.3, 0.4) is 0 Å². The van der Waals surface area contributed by atoms with Gasteiger partial charge in [0, 0.05) is 0 Å². The molecule has 0 heterocycles. The molecule has 0 radical (unpaired) electrons. The highest BCUT2D eigenvalue weighted by Gasteiger charge is 2.37. The van der Waals surface area contributed by atoms with E-state index < -0.39 is 5.54 Å². The van der Waals surface area contributed by atoms with E-state index in [1.807, 2.05) is 18.2 Å². The number of halogens is 1. The molecule has 1 aliphatic carbocycles. The maximum atomic E-state index is 13.3. The van der Waals surface area contributed by atoms with Gasteiger partial charge in [-0.1, -0.05) is 30.3 Å². The molecule has 0 saturated heterocycles. The zero-order valence-electron chi connectivity index (χ0n) is 10.4. The van der Waals surface area contributed by atoms with Crippen molar-refractivity contribution in [1.82, 2.24) is 0 Å². The van der Waals surface area contributed by atoms with Crippen molar-refractivity contribution in [2.24, 2.45) is 5.73 Å². The molecule has 0 amide bonds. The van der Waals surface area contributed by atoms with Gasteiger partial charge in [0.15, 0.2) is 0 Å². The van der Waals surface area contributed by atoms with Crippen LogP contribution >= 0.6 is 0 Å². The molecule has 0 spiro atoms. The molecule has 2 heteroatoms. The third-order valence-electron chi connectivity index (χ3n) is 3.96. The summed E-state index contributed by atoms with van der Waals surface area (Å²) in [6.45, 7) is 2.07. The van der Waals surface area contributed by atoms with Crippen molar-refractivity contribution in [1.29, 1.82) is 0 Å². The number of nitrogens with two attached hydrogens (primary N) is 1. The van der Waals surface area contributed by atoms with Crippen LogP contribution in [0.25, 0.3) is 0 Å². The SMILES string of the molecule is Cc1ccccc1C1(N)CCc2cc(F)ccc21. The third kappa shape index (κ3) is 1.57. The second kappa shape index (κ2) is 3.92. The van der Waals surface area contributed by atoms with Crippen LogP contribution < -0.4 is 5.73 Å². The molecule has 0 bridgehead atoms. The van der Waals surface area contributed by atoms with Gasteiger partial charge in [0.1, 0.15) is 5.82 Å². The Kier molecular flexibility index (Phi) is 2.49. The van der Waals surface area contributed by atoms with Gasteiger partial charge < -0.3 is 5.73 Å². The van der Waals surface area contributed by atoms with Crippen LogP contribution in [-0.2, 0) is 12.0 Å². The molecule has 3 rings (SSSR count). The molecular weight excluding hydrogens is 225 g/mol. The van der Waals surface area contributed by atoms with Gasteiger partial charge in [0.05, 0.1) is 5.54 Å². The molecule has 1 atom stereocenters. The summed E-state index contributed by atoms with van der Waals surface area (Å²) in [6, 6.07) is 13.1. The van der Waals surface area contributed by atoms with Gasteiger partial charge in [-0.2, -0.15) is 0 Å². The molecule has 1 aliphatic rings. The highest BCUT2D eigenvalue weighted by Crippen LogP contribution is 2.41. The first-order valence-electron chi connectivity index (χ1n) is 6.25. The normalized spacial score (nSPS) is 21.9. The Bertz CT molecular complexity index is 606. The van der Waals surface area contributed by atoms with Gasteiger partial charge in [-0.15, -0.1) is 0 Å². The summed E-state index contributed by atoms with van der Waals surface area (Å²) in [5.41, 5.74) is 10.6. The minimum atomic E-state index is -0.464. The van der Waals surface area contributed by atoms with E-state index in [1.54, 1.807) is 6.07 Å². The van der Waals surface area contributed by atoms with Crippen LogP contribution in [0, 0.1) is 12.7 Å². The average Bonchev–Trinajstić information content (AvgIpc) is 2.68. The number of aryl methyl sites for hydroxylation is 2. The van der Waals surface area contributed by atoms with Crippen LogP contribution in [0.15, 0.2) is 42.5 Å². The maximum absolute atomic E-state index is 13.3. The quantitative estimate of drug-likeness (QED) is 0.814. The smallest absolute Gasteiger partial charge is 0.123 e. The van der Waals surface area contributed by atoms with Crippen molar-refractivity contribution in [3.63, 3.8) is 0 Å². The molecule has 2 aromatic rings. The topological polar surface area (TPSA) is 26.0 Å². The van der Waals surface area contributed by atoms with E-state index in [0.717, 1.165) is 29.5 Å². The minimum Gasteiger partial charge on any atom is -0.318 e. The first-order valence-corrected chi connectivity index (χ1v) is 6.25. The van der Waals surface area contributed by atoms with E-state index in [0.29, 0.717) is 0 Å². The Labute approximate surface area is 106 Å². The van der Waals surface area contributed by atoms with Crippen molar-refractivity contribution in [2.75, 3.05) is 0 Å². The lowest BCUT2D eigenvalue weighted by atomic mass is 9.83. The number of hydrogen-bond donors (Lipinski definition) is 1. The summed E-state index contributed by atoms with van der Waals surface area (Å²) < 4.78 is 13.3. The van der Waals surface area contributed by atoms with Crippen molar-refractivity contribution in [3.05, 3.63) is 70.5 Å². The van der Waals surface area contributed by atoms with Gasteiger partial charge >= 0.3 is 0 Å². The van der Waals surface area contributed by atoms with Crippen LogP contribution in [0.4, 0.5) is 4.39 Å². The Hall–Kier alpha value is -1.67. The molecule has 92 valence electrons. The Balaban J connectivity index is 2.18. The van der Waals surface area contributed by atoms with Gasteiger partial charge in [0.25, 0.3) is 0 Å². The zero-order chi connectivity index (χ0) is 12.8. The predicted molar refractivity (Wildman–Crippen MR) is 70.9 cm³/mol. The van der Waals surface area contributed by atoms with Crippen LogP contribution in [0.5, 0.6) is 0 Å². The van der Waals surface area contributed by atoms with Crippen LogP contribution in [0.1, 0.15) is 28.7 Å². The second-order valence-electron chi connectivity index (χ2n) is 5.09. The molecule has 0 saturated carbocycles. The average molecular weight is 241 g/mol. The molecule has 1 nitrogen and oxygen atoms in total. The Morgan fingerprint density at radius 3 is 2.67 bits per heavy atom. The summed E-state index contributed by atoms with van der Waals surface area (Å²) >= 11 is 0. The molecular formula is C16H16FN. The monoisotopic (exact) mass is 241 g/mol. The number of hydrogen-bond acceptors (Lipinski definition) is 1. The lowest BCUT2D eigenvalue weighted by Crippen LogP contribution is -2.36. The predicted octanol–water partition coefficient (Wildman–Crippen LogP) is 3.28. The fraction of sp³-hybridized carbons (Fsp3) is 0.250. The molecule has 0 aliphatic heterocycles. The van der Waals surface area contributed by atoms with E-state index in [9.17, 15) is 4.39 Å². The van der Waals surface area contributed by atoms with E-state index in [1.165, 1.54) is 11.6 Å². The highest BCUT2D eigenvalue weighted by molar-refractivity contribution is 5.49. The first-order chi connectivity index (χ1) is 8.61. The van der Waals surface area contributed by atoms with Crippen molar-refractivity contribution in [2.45, 2.75) is 25.3 Å². The van der Waals surface area contributed by atoms with E-state index in [2.05, 4.69) is 19.1 Å². The molecule has 0 fully saturated rings. The molecule has 18 heavy (non-hydrogen) atoms. The van der Waals surface area contributed by atoms with Crippen LogP contribution in [-0.4, -0.2) is 0 Å². The second-order valence-corrected chi connectivity index (χ2v) is 5.09. The van der Waals surface area contributed by atoms with Gasteiger partial charge in [-0.3, -0.25) is 0 Å². The third-order valence-corrected chi connectivity index (χ3v) is 3.96. The fourth-order valence-corrected chi connectivity index (χ4v) is 3.02. The van der Waals surface area contributed by atoms with Crippen molar-refractivity contribution in [3.8, 4) is 0 Å². The van der Waals surface area contributed by atoms with E-state index >= 15 is 0 Å². The standard InChI is InChI=1S/C16H16FN/c1-11-4-2-3-5-14(11)16(18)9-8-12-10-13(17)6-7-15(12)16/h2-7,10H,8-9,18H2,1H3. The minimum absolute atomic E-state index is 0.178. The number of rotatable bonds is 1. The van der Waals surface area contributed by atoms with Gasteiger partial charge in [-0.05, 0) is 54.2 Å². The van der Waals surface area contributed by atoms with Crippen molar-refractivity contribution < 1.29 is 4.39 Å². The lowest BCUT2D eigenvalue weighted by Gasteiger charge is -2.28. The first kappa shape index (κ1) is 11.4. The van der Waals surface area contributed by atoms with Crippen LogP contribution in [0.2, 0.25) is 0 Å². The number of fused-ring (bicyclic) bond motifs is 1. The molecule has 2 aromatic carbocycles. The van der Waals surface area contributed by atoms with E-state index in [-0.39, 0.29) is 5.82 Å².